The van der Waals surface area contributed by atoms with Crippen LogP contribution >= 0.6 is 0 Å². The fraction of sp³-hybridized carbons (Fsp3) is 0.241. The molecule has 36 heavy (non-hydrogen) atoms. The monoisotopic (exact) mass is 478 g/mol. The number of nitriles is 1. The van der Waals surface area contributed by atoms with Crippen LogP contribution in [0.15, 0.2) is 66.7 Å². The molecule has 0 heterocycles. The maximum Gasteiger partial charge on any atom is 0.309 e. The Kier molecular flexibility index (Phi) is 6.26. The van der Waals surface area contributed by atoms with E-state index in [0.29, 0.717) is 11.1 Å². The van der Waals surface area contributed by atoms with Gasteiger partial charge < -0.3 is 16.0 Å². The number of rotatable bonds is 7. The van der Waals surface area contributed by atoms with Gasteiger partial charge in [-0.1, -0.05) is 54.6 Å². The van der Waals surface area contributed by atoms with Crippen molar-refractivity contribution in [3.8, 4) is 6.07 Å². The number of allylic oxidation sites excluding steroid dienone is 1. The Morgan fingerprint density at radius 3 is 2.44 bits per heavy atom. The van der Waals surface area contributed by atoms with Crippen molar-refractivity contribution in [2.24, 2.45) is 0 Å². The van der Waals surface area contributed by atoms with E-state index in [1.54, 1.807) is 24.3 Å². The highest BCUT2D eigenvalue weighted by molar-refractivity contribution is 6.35. The van der Waals surface area contributed by atoms with Crippen LogP contribution in [0.5, 0.6) is 0 Å². The largest absolute Gasteiger partial charge is 0.344 e. The predicted octanol–water partition coefficient (Wildman–Crippen LogP) is 3.17. The minimum Gasteiger partial charge on any atom is -0.344 e. The molecule has 3 amide bonds. The van der Waals surface area contributed by atoms with E-state index in [0.717, 1.165) is 31.2 Å². The van der Waals surface area contributed by atoms with E-state index in [4.69, 9.17) is 5.26 Å². The van der Waals surface area contributed by atoms with Gasteiger partial charge in [-0.15, -0.1) is 0 Å². The van der Waals surface area contributed by atoms with E-state index in [2.05, 4.69) is 46.3 Å². The number of benzene rings is 3. The molecule has 0 bridgehead atoms. The van der Waals surface area contributed by atoms with E-state index in [9.17, 15) is 14.4 Å². The van der Waals surface area contributed by atoms with Gasteiger partial charge in [-0.3, -0.25) is 14.4 Å². The third-order valence-electron chi connectivity index (χ3n) is 6.98. The molecule has 0 atom stereocenters. The first-order valence-electron chi connectivity index (χ1n) is 12.1. The van der Waals surface area contributed by atoms with Crippen LogP contribution < -0.4 is 16.0 Å². The molecule has 2 aliphatic rings. The summed E-state index contributed by atoms with van der Waals surface area (Å²) < 4.78 is 0. The van der Waals surface area contributed by atoms with Gasteiger partial charge in [0.2, 0.25) is 0 Å². The van der Waals surface area contributed by atoms with Crippen LogP contribution in [0.4, 0.5) is 0 Å². The number of hydrogen-bond donors (Lipinski definition) is 3. The van der Waals surface area contributed by atoms with Gasteiger partial charge in [0.05, 0.1) is 11.6 Å². The van der Waals surface area contributed by atoms with Crippen LogP contribution in [0, 0.1) is 11.3 Å². The van der Waals surface area contributed by atoms with Crippen molar-refractivity contribution in [1.82, 2.24) is 16.0 Å². The highest BCUT2D eigenvalue weighted by atomic mass is 16.2. The SMILES string of the molecule is N#C/C=C/CNC(=O)C(=O)NCc1ccccc1C(=O)NC1(c2ccc3c4c(cccc24)CC3)CC1. The number of amides is 3. The smallest absolute Gasteiger partial charge is 0.309 e. The first-order valence-corrected chi connectivity index (χ1v) is 12.1. The summed E-state index contributed by atoms with van der Waals surface area (Å²) in [5.41, 5.74) is 4.59. The van der Waals surface area contributed by atoms with Gasteiger partial charge >= 0.3 is 11.8 Å². The fourth-order valence-electron chi connectivity index (χ4n) is 5.03. The number of aryl methyl sites for hydroxylation is 2. The van der Waals surface area contributed by atoms with Gasteiger partial charge in [0.25, 0.3) is 5.91 Å². The maximum absolute atomic E-state index is 13.4. The van der Waals surface area contributed by atoms with Gasteiger partial charge in [-0.05, 0) is 64.8 Å². The zero-order chi connectivity index (χ0) is 25.1. The van der Waals surface area contributed by atoms with Crippen molar-refractivity contribution in [2.75, 3.05) is 6.54 Å². The van der Waals surface area contributed by atoms with E-state index >= 15 is 0 Å². The molecule has 1 saturated carbocycles. The first kappa shape index (κ1) is 23.3. The van der Waals surface area contributed by atoms with Crippen LogP contribution in [0.3, 0.4) is 0 Å². The first-order chi connectivity index (χ1) is 17.5. The lowest BCUT2D eigenvalue weighted by molar-refractivity contribution is -0.139. The lowest BCUT2D eigenvalue weighted by Crippen LogP contribution is -2.40. The number of nitrogens with one attached hydrogen (secondary N) is 3. The summed E-state index contributed by atoms with van der Waals surface area (Å²) >= 11 is 0. The highest BCUT2D eigenvalue weighted by Crippen LogP contribution is 2.49. The van der Waals surface area contributed by atoms with Crippen LogP contribution in [-0.4, -0.2) is 24.3 Å². The molecular weight excluding hydrogens is 452 g/mol. The Hall–Kier alpha value is -4.44. The van der Waals surface area contributed by atoms with E-state index in [1.165, 1.54) is 34.1 Å². The predicted molar refractivity (Wildman–Crippen MR) is 136 cm³/mol. The molecular formula is C29H26N4O3. The van der Waals surface area contributed by atoms with Crippen molar-refractivity contribution in [1.29, 1.82) is 5.26 Å². The highest BCUT2D eigenvalue weighted by Gasteiger charge is 2.47. The Bertz CT molecular complexity index is 1440. The van der Waals surface area contributed by atoms with Crippen LogP contribution in [0.25, 0.3) is 10.8 Å². The maximum atomic E-state index is 13.4. The van der Waals surface area contributed by atoms with E-state index in [-0.39, 0.29) is 19.0 Å². The fourth-order valence-corrected chi connectivity index (χ4v) is 5.03. The molecule has 0 unspecified atom stereocenters. The summed E-state index contributed by atoms with van der Waals surface area (Å²) in [5.74, 6) is -1.81. The Balaban J connectivity index is 1.30. The zero-order valence-electron chi connectivity index (χ0n) is 19.8. The third-order valence-corrected chi connectivity index (χ3v) is 6.98. The lowest BCUT2D eigenvalue weighted by Gasteiger charge is -2.22. The molecule has 1 fully saturated rings. The molecule has 0 saturated heterocycles. The van der Waals surface area contributed by atoms with E-state index in [1.807, 2.05) is 6.07 Å². The summed E-state index contributed by atoms with van der Waals surface area (Å²) in [7, 11) is 0. The second kappa shape index (κ2) is 9.67. The average molecular weight is 479 g/mol. The summed E-state index contributed by atoms with van der Waals surface area (Å²) in [5, 5.41) is 19.3. The molecule has 3 aromatic carbocycles. The van der Waals surface area contributed by atoms with Gasteiger partial charge in [0, 0.05) is 24.7 Å². The van der Waals surface area contributed by atoms with Gasteiger partial charge in [0.1, 0.15) is 0 Å². The Morgan fingerprint density at radius 2 is 1.67 bits per heavy atom. The second-order valence-corrected chi connectivity index (χ2v) is 9.23. The molecule has 0 aliphatic heterocycles. The second-order valence-electron chi connectivity index (χ2n) is 9.23. The van der Waals surface area contributed by atoms with Crippen LogP contribution in [-0.2, 0) is 34.5 Å². The zero-order valence-corrected chi connectivity index (χ0v) is 19.8. The van der Waals surface area contributed by atoms with Crippen LogP contribution in [0.1, 0.15) is 45.5 Å². The molecule has 0 spiro atoms. The Labute approximate surface area is 209 Å². The molecule has 180 valence electrons. The molecule has 0 radical (unpaired) electrons. The van der Waals surface area contributed by atoms with Crippen molar-refractivity contribution in [3.63, 3.8) is 0 Å². The summed E-state index contributed by atoms with van der Waals surface area (Å²) in [6.07, 6.45) is 6.53. The van der Waals surface area contributed by atoms with Crippen molar-refractivity contribution >= 4 is 28.5 Å². The van der Waals surface area contributed by atoms with Crippen molar-refractivity contribution in [2.45, 2.75) is 37.8 Å². The molecule has 7 heteroatoms. The summed E-state index contributed by atoms with van der Waals surface area (Å²) in [6, 6.07) is 19.7. The van der Waals surface area contributed by atoms with Crippen LogP contribution in [0.2, 0.25) is 0 Å². The molecule has 0 aromatic heterocycles. The third kappa shape index (κ3) is 4.46. The number of nitrogens with zero attached hydrogens (tertiary/aromatic N) is 1. The molecule has 5 rings (SSSR count). The van der Waals surface area contributed by atoms with Gasteiger partial charge in [-0.2, -0.15) is 5.26 Å². The molecule has 3 aromatic rings. The minimum absolute atomic E-state index is 0.0396. The van der Waals surface area contributed by atoms with Gasteiger partial charge in [0.15, 0.2) is 0 Å². The van der Waals surface area contributed by atoms with Crippen molar-refractivity contribution in [3.05, 3.63) is 94.6 Å². The number of hydrogen-bond acceptors (Lipinski definition) is 4. The average Bonchev–Trinajstić information content (AvgIpc) is 3.55. The standard InChI is InChI=1S/C29H26N4O3/c30-16-3-4-17-31-27(35)28(36)32-18-21-6-1-2-8-22(21)26(34)33-29(14-15-29)24-13-12-20-11-10-19-7-5-9-23(24)25(19)20/h1-9,12-13H,10-11,14-15,17-18H2,(H,31,35)(H,32,36)(H,33,34)/b4-3+. The molecule has 7 nitrogen and oxygen atoms in total. The summed E-state index contributed by atoms with van der Waals surface area (Å²) in [6.45, 7) is 0.121. The normalized spacial score (nSPS) is 14.9. The lowest BCUT2D eigenvalue weighted by atomic mass is 9.93. The summed E-state index contributed by atoms with van der Waals surface area (Å²) in [4.78, 5) is 37.5. The Morgan fingerprint density at radius 1 is 0.917 bits per heavy atom. The molecule has 2 aliphatic carbocycles. The quantitative estimate of drug-likeness (QED) is 0.358. The van der Waals surface area contributed by atoms with Crippen molar-refractivity contribution < 1.29 is 14.4 Å². The number of carbonyl (C=O) groups is 3. The molecule has 3 N–H and O–H groups in total. The topological polar surface area (TPSA) is 111 Å². The number of carbonyl (C=O) groups excluding carboxylic acids is 3. The van der Waals surface area contributed by atoms with Gasteiger partial charge in [-0.25, -0.2) is 0 Å². The van der Waals surface area contributed by atoms with E-state index < -0.39 is 17.4 Å². The minimum atomic E-state index is -0.804.